The van der Waals surface area contributed by atoms with Crippen LogP contribution in [0, 0.1) is 12.3 Å². The summed E-state index contributed by atoms with van der Waals surface area (Å²) in [5, 5.41) is 2.80. The van der Waals surface area contributed by atoms with Crippen LogP contribution in [0.4, 0.5) is 0 Å². The first-order valence-electron chi connectivity index (χ1n) is 5.26. The topological polar surface area (TPSA) is 55.1 Å². The highest BCUT2D eigenvalue weighted by Crippen LogP contribution is 1.99. The zero-order chi connectivity index (χ0) is 11.5. The molecule has 0 bridgehead atoms. The summed E-state index contributed by atoms with van der Waals surface area (Å²) in [5.74, 6) is 4.02. The van der Waals surface area contributed by atoms with Crippen LogP contribution in [0.15, 0.2) is 0 Å². The molecule has 0 saturated carbocycles. The van der Waals surface area contributed by atoms with E-state index in [2.05, 4.69) is 18.2 Å². The number of nitrogens with two attached hydrogens (primary N) is 1. The number of rotatable bonds is 8. The van der Waals surface area contributed by atoms with Gasteiger partial charge in [-0.3, -0.25) is 4.79 Å². The molecule has 0 aromatic carbocycles. The third-order valence-corrected chi connectivity index (χ3v) is 2.80. The van der Waals surface area contributed by atoms with Crippen LogP contribution in [0.25, 0.3) is 0 Å². The van der Waals surface area contributed by atoms with E-state index in [1.54, 1.807) is 11.8 Å². The molecule has 4 heteroatoms. The third-order valence-electron chi connectivity index (χ3n) is 1.94. The molecule has 3 nitrogen and oxygen atoms in total. The normalized spacial score (nSPS) is 11.8. The average molecular weight is 228 g/mol. The van der Waals surface area contributed by atoms with E-state index >= 15 is 0 Å². The molecule has 86 valence electrons. The Morgan fingerprint density at radius 2 is 2.40 bits per heavy atom. The fraction of sp³-hybridized carbons (Fsp3) is 0.727. The van der Waals surface area contributed by atoms with E-state index < -0.39 is 0 Å². The SMILES string of the molecule is C#CCSCCNC(=O)C(N)CCCC. The standard InChI is InChI=1S/C11H20N2OS/c1-3-5-6-10(12)11(14)13-7-9-15-8-4-2/h2,10H,3,5-9,12H2,1H3,(H,13,14). The largest absolute Gasteiger partial charge is 0.354 e. The summed E-state index contributed by atoms with van der Waals surface area (Å²) >= 11 is 1.63. The van der Waals surface area contributed by atoms with Crippen LogP contribution in [-0.2, 0) is 4.79 Å². The van der Waals surface area contributed by atoms with E-state index in [1.165, 1.54) is 0 Å². The van der Waals surface area contributed by atoms with Crippen molar-refractivity contribution in [3.63, 3.8) is 0 Å². The van der Waals surface area contributed by atoms with E-state index in [0.717, 1.165) is 25.0 Å². The van der Waals surface area contributed by atoms with Gasteiger partial charge < -0.3 is 11.1 Å². The number of carbonyl (C=O) groups excluding carboxylic acids is 1. The van der Waals surface area contributed by atoms with E-state index in [4.69, 9.17) is 12.2 Å². The first-order valence-corrected chi connectivity index (χ1v) is 6.42. The molecular weight excluding hydrogens is 208 g/mol. The number of carbonyl (C=O) groups is 1. The molecule has 0 aliphatic heterocycles. The molecule has 0 aromatic heterocycles. The Kier molecular flexibility index (Phi) is 9.44. The van der Waals surface area contributed by atoms with Crippen molar-refractivity contribution in [2.75, 3.05) is 18.1 Å². The summed E-state index contributed by atoms with van der Waals surface area (Å²) in [6, 6.07) is -0.359. The van der Waals surface area contributed by atoms with Crippen LogP contribution in [0.2, 0.25) is 0 Å². The zero-order valence-corrected chi connectivity index (χ0v) is 10.1. The van der Waals surface area contributed by atoms with Crippen molar-refractivity contribution in [3.8, 4) is 12.3 Å². The van der Waals surface area contributed by atoms with Gasteiger partial charge in [-0.15, -0.1) is 18.2 Å². The van der Waals surface area contributed by atoms with Gasteiger partial charge in [0.15, 0.2) is 0 Å². The molecule has 0 rings (SSSR count). The molecule has 0 aliphatic rings. The van der Waals surface area contributed by atoms with Gasteiger partial charge in [0.05, 0.1) is 11.8 Å². The summed E-state index contributed by atoms with van der Waals surface area (Å²) in [6.45, 7) is 2.73. The summed E-state index contributed by atoms with van der Waals surface area (Å²) in [6.07, 6.45) is 7.93. The molecule has 1 unspecified atom stereocenters. The van der Waals surface area contributed by atoms with E-state index in [9.17, 15) is 4.79 Å². The minimum Gasteiger partial charge on any atom is -0.354 e. The van der Waals surface area contributed by atoms with Gasteiger partial charge in [-0.2, -0.15) is 0 Å². The van der Waals surface area contributed by atoms with E-state index in [1.807, 2.05) is 0 Å². The van der Waals surface area contributed by atoms with Gasteiger partial charge in [-0.25, -0.2) is 0 Å². The Bertz CT molecular complexity index is 213. The highest BCUT2D eigenvalue weighted by Gasteiger charge is 2.11. The highest BCUT2D eigenvalue weighted by molar-refractivity contribution is 7.99. The second kappa shape index (κ2) is 9.88. The number of terminal acetylenes is 1. The molecule has 1 atom stereocenters. The number of hydrogen-bond donors (Lipinski definition) is 2. The second-order valence-electron chi connectivity index (χ2n) is 3.30. The molecule has 1 amide bonds. The number of nitrogens with one attached hydrogen (secondary N) is 1. The molecule has 0 heterocycles. The molecule has 0 spiro atoms. The maximum absolute atomic E-state index is 11.4. The molecule has 3 N–H and O–H groups in total. The summed E-state index contributed by atoms with van der Waals surface area (Å²) in [4.78, 5) is 11.4. The lowest BCUT2D eigenvalue weighted by Crippen LogP contribution is -2.41. The molecule has 0 radical (unpaired) electrons. The van der Waals surface area contributed by atoms with Gasteiger partial charge in [0, 0.05) is 12.3 Å². The predicted octanol–water partition coefficient (Wildman–Crippen LogP) is 0.986. The second-order valence-corrected chi connectivity index (χ2v) is 4.40. The molecule has 0 fully saturated rings. The number of amides is 1. The van der Waals surface area contributed by atoms with E-state index in [0.29, 0.717) is 12.3 Å². The van der Waals surface area contributed by atoms with Crippen molar-refractivity contribution < 1.29 is 4.79 Å². The van der Waals surface area contributed by atoms with Crippen LogP contribution in [-0.4, -0.2) is 30.0 Å². The van der Waals surface area contributed by atoms with Crippen molar-refractivity contribution >= 4 is 17.7 Å². The first-order chi connectivity index (χ1) is 7.22. The van der Waals surface area contributed by atoms with Crippen LogP contribution in [0.3, 0.4) is 0 Å². The smallest absolute Gasteiger partial charge is 0.236 e. The fourth-order valence-electron chi connectivity index (χ4n) is 1.06. The van der Waals surface area contributed by atoms with Gasteiger partial charge in [0.1, 0.15) is 0 Å². The van der Waals surface area contributed by atoms with Crippen molar-refractivity contribution in [3.05, 3.63) is 0 Å². The summed E-state index contributed by atoms with van der Waals surface area (Å²) in [5.41, 5.74) is 5.69. The van der Waals surface area contributed by atoms with Crippen molar-refractivity contribution in [2.45, 2.75) is 32.2 Å². The maximum atomic E-state index is 11.4. The first kappa shape index (κ1) is 14.3. The van der Waals surface area contributed by atoms with Crippen LogP contribution < -0.4 is 11.1 Å². The summed E-state index contributed by atoms with van der Waals surface area (Å²) in [7, 11) is 0. The Hall–Kier alpha value is -0.660. The quantitative estimate of drug-likeness (QED) is 0.481. The highest BCUT2D eigenvalue weighted by atomic mass is 32.2. The van der Waals surface area contributed by atoms with Gasteiger partial charge in [0.25, 0.3) is 0 Å². The minimum absolute atomic E-state index is 0.0512. The number of unbranched alkanes of at least 4 members (excludes halogenated alkanes) is 1. The monoisotopic (exact) mass is 228 g/mol. The lowest BCUT2D eigenvalue weighted by Gasteiger charge is -2.11. The number of hydrogen-bond acceptors (Lipinski definition) is 3. The average Bonchev–Trinajstić information content (AvgIpc) is 2.25. The van der Waals surface area contributed by atoms with Crippen molar-refractivity contribution in [1.29, 1.82) is 0 Å². The van der Waals surface area contributed by atoms with Crippen LogP contribution in [0.5, 0.6) is 0 Å². The lowest BCUT2D eigenvalue weighted by molar-refractivity contribution is -0.122. The van der Waals surface area contributed by atoms with Crippen LogP contribution in [0.1, 0.15) is 26.2 Å². The molecule has 0 saturated heterocycles. The Morgan fingerprint density at radius 3 is 3.00 bits per heavy atom. The van der Waals surface area contributed by atoms with E-state index in [-0.39, 0.29) is 11.9 Å². The van der Waals surface area contributed by atoms with Gasteiger partial charge in [-0.05, 0) is 6.42 Å². The number of thioether (sulfide) groups is 1. The molecule has 15 heavy (non-hydrogen) atoms. The fourth-order valence-corrected chi connectivity index (χ4v) is 1.57. The molecule has 0 aliphatic carbocycles. The van der Waals surface area contributed by atoms with Gasteiger partial charge >= 0.3 is 0 Å². The predicted molar refractivity (Wildman–Crippen MR) is 66.7 cm³/mol. The maximum Gasteiger partial charge on any atom is 0.236 e. The van der Waals surface area contributed by atoms with Crippen LogP contribution >= 0.6 is 11.8 Å². The summed E-state index contributed by atoms with van der Waals surface area (Å²) < 4.78 is 0. The Labute approximate surface area is 96.6 Å². The van der Waals surface area contributed by atoms with Gasteiger partial charge in [-0.1, -0.05) is 25.7 Å². The minimum atomic E-state index is -0.359. The molecular formula is C11H20N2OS. The van der Waals surface area contributed by atoms with Crippen molar-refractivity contribution in [2.24, 2.45) is 5.73 Å². The zero-order valence-electron chi connectivity index (χ0n) is 9.29. The third kappa shape index (κ3) is 8.34. The lowest BCUT2D eigenvalue weighted by atomic mass is 10.1. The van der Waals surface area contributed by atoms with Gasteiger partial charge in [0.2, 0.25) is 5.91 Å². The molecule has 0 aromatic rings. The Morgan fingerprint density at radius 1 is 1.67 bits per heavy atom. The van der Waals surface area contributed by atoms with Crippen molar-refractivity contribution in [1.82, 2.24) is 5.32 Å². The Balaban J connectivity index is 3.43.